The highest BCUT2D eigenvalue weighted by molar-refractivity contribution is 6.06. The molecular weight excluding hydrogens is 350 g/mol. The molecule has 1 atom stereocenters. The molecule has 0 bridgehead atoms. The largest absolute Gasteiger partial charge is 0.490 e. The lowest BCUT2D eigenvalue weighted by atomic mass is 10.1. The summed E-state index contributed by atoms with van der Waals surface area (Å²) in [4.78, 5) is 36.7. The van der Waals surface area contributed by atoms with Gasteiger partial charge in [0.1, 0.15) is 12.4 Å². The molecule has 0 aliphatic carbocycles. The van der Waals surface area contributed by atoms with E-state index in [4.69, 9.17) is 14.2 Å². The van der Waals surface area contributed by atoms with Crippen LogP contribution in [0.15, 0.2) is 24.3 Å². The van der Waals surface area contributed by atoms with E-state index in [0.717, 1.165) is 18.5 Å². The van der Waals surface area contributed by atoms with Crippen LogP contribution in [0.4, 0.5) is 5.69 Å². The second-order valence-electron chi connectivity index (χ2n) is 6.59. The van der Waals surface area contributed by atoms with Gasteiger partial charge in [0.2, 0.25) is 0 Å². The first-order valence-corrected chi connectivity index (χ1v) is 9.21. The van der Waals surface area contributed by atoms with Gasteiger partial charge in [0.25, 0.3) is 0 Å². The zero-order valence-corrected chi connectivity index (χ0v) is 15.9. The summed E-state index contributed by atoms with van der Waals surface area (Å²) in [7, 11) is 1.54. The van der Waals surface area contributed by atoms with Crippen molar-refractivity contribution in [1.29, 1.82) is 0 Å². The Labute approximate surface area is 159 Å². The van der Waals surface area contributed by atoms with E-state index in [9.17, 15) is 14.4 Å². The number of esters is 1. The van der Waals surface area contributed by atoms with Gasteiger partial charge in [0, 0.05) is 19.2 Å². The van der Waals surface area contributed by atoms with Crippen molar-refractivity contribution in [3.8, 4) is 5.75 Å². The van der Waals surface area contributed by atoms with Gasteiger partial charge < -0.3 is 19.1 Å². The molecule has 1 aromatic rings. The number of ketones is 2. The summed E-state index contributed by atoms with van der Waals surface area (Å²) in [6.45, 7) is 2.95. The lowest BCUT2D eigenvalue weighted by Gasteiger charge is -2.27. The smallest absolute Gasteiger partial charge is 0.306 e. The summed E-state index contributed by atoms with van der Waals surface area (Å²) in [5.41, 5.74) is 0.795. The molecule has 0 radical (unpaired) electrons. The number of carbonyl (C=O) groups is 3. The van der Waals surface area contributed by atoms with Gasteiger partial charge in [-0.15, -0.1) is 0 Å². The van der Waals surface area contributed by atoms with Crippen molar-refractivity contribution < 1.29 is 28.6 Å². The standard InChI is InChI=1S/C20H27NO6/c1-3-4-5-20(24)27-19(13-25-2)14-26-18-8-6-15(7-9-18)21-11-16(22)10-17(23)12-21/h6-9,19H,3-5,10-14H2,1-2H3. The van der Waals surface area contributed by atoms with Gasteiger partial charge >= 0.3 is 5.97 Å². The maximum atomic E-state index is 11.8. The zero-order chi connectivity index (χ0) is 19.6. The van der Waals surface area contributed by atoms with Gasteiger partial charge in [0.15, 0.2) is 17.7 Å². The van der Waals surface area contributed by atoms with Crippen LogP contribution in [0.5, 0.6) is 5.75 Å². The van der Waals surface area contributed by atoms with Crippen LogP contribution in [0.1, 0.15) is 32.6 Å². The number of benzene rings is 1. The molecule has 1 fully saturated rings. The third-order valence-corrected chi connectivity index (χ3v) is 4.15. The van der Waals surface area contributed by atoms with E-state index in [2.05, 4.69) is 0 Å². The second-order valence-corrected chi connectivity index (χ2v) is 6.59. The Morgan fingerprint density at radius 2 is 1.78 bits per heavy atom. The van der Waals surface area contributed by atoms with Crippen LogP contribution in [-0.4, -0.2) is 57.1 Å². The number of ether oxygens (including phenoxy) is 3. The predicted octanol–water partition coefficient (Wildman–Crippen LogP) is 2.16. The van der Waals surface area contributed by atoms with Gasteiger partial charge in [0.05, 0.1) is 26.1 Å². The van der Waals surface area contributed by atoms with Crippen LogP contribution >= 0.6 is 0 Å². The van der Waals surface area contributed by atoms with Crippen LogP contribution in [0.3, 0.4) is 0 Å². The number of rotatable bonds is 10. The Bertz CT molecular complexity index is 626. The Hall–Kier alpha value is -2.41. The van der Waals surface area contributed by atoms with Crippen molar-refractivity contribution in [2.45, 2.75) is 38.7 Å². The van der Waals surface area contributed by atoms with Crippen molar-refractivity contribution >= 4 is 23.2 Å². The summed E-state index contributed by atoms with van der Waals surface area (Å²) in [6.07, 6.45) is 1.66. The van der Waals surface area contributed by atoms with E-state index >= 15 is 0 Å². The van der Waals surface area contributed by atoms with Crippen LogP contribution in [0.25, 0.3) is 0 Å². The lowest BCUT2D eigenvalue weighted by molar-refractivity contribution is -0.153. The number of carbonyl (C=O) groups excluding carboxylic acids is 3. The molecule has 1 unspecified atom stereocenters. The molecule has 1 heterocycles. The molecule has 0 amide bonds. The fourth-order valence-electron chi connectivity index (χ4n) is 2.81. The number of hydrogen-bond acceptors (Lipinski definition) is 7. The van der Waals surface area contributed by atoms with Crippen molar-refractivity contribution in [2.24, 2.45) is 0 Å². The number of anilines is 1. The van der Waals surface area contributed by atoms with Crippen molar-refractivity contribution in [2.75, 3.05) is 38.3 Å². The van der Waals surface area contributed by atoms with Crippen molar-refractivity contribution in [3.05, 3.63) is 24.3 Å². The Balaban J connectivity index is 1.87. The predicted molar refractivity (Wildman–Crippen MR) is 100 cm³/mol. The minimum atomic E-state index is -0.476. The molecule has 1 aliphatic heterocycles. The second kappa shape index (κ2) is 10.7. The van der Waals surface area contributed by atoms with Crippen LogP contribution in [0, 0.1) is 0 Å². The zero-order valence-electron chi connectivity index (χ0n) is 15.9. The molecule has 7 heteroatoms. The summed E-state index contributed by atoms with van der Waals surface area (Å²) >= 11 is 0. The molecule has 0 spiro atoms. The molecule has 1 saturated heterocycles. The fraction of sp³-hybridized carbons (Fsp3) is 0.550. The van der Waals surface area contributed by atoms with E-state index in [1.807, 2.05) is 6.92 Å². The highest BCUT2D eigenvalue weighted by atomic mass is 16.6. The lowest BCUT2D eigenvalue weighted by Crippen LogP contribution is -2.41. The maximum absolute atomic E-state index is 11.8. The van der Waals surface area contributed by atoms with Crippen molar-refractivity contribution in [3.63, 3.8) is 0 Å². The number of nitrogens with zero attached hydrogens (tertiary/aromatic N) is 1. The normalized spacial score (nSPS) is 15.6. The molecule has 148 valence electrons. The first-order valence-electron chi connectivity index (χ1n) is 9.21. The van der Waals surface area contributed by atoms with Gasteiger partial charge in [-0.3, -0.25) is 14.4 Å². The first kappa shape index (κ1) is 20.9. The van der Waals surface area contributed by atoms with E-state index in [1.165, 1.54) is 0 Å². The molecule has 1 aromatic carbocycles. The van der Waals surface area contributed by atoms with Crippen LogP contribution in [-0.2, 0) is 23.9 Å². The van der Waals surface area contributed by atoms with Crippen molar-refractivity contribution in [1.82, 2.24) is 0 Å². The average Bonchev–Trinajstić information content (AvgIpc) is 2.64. The number of unbranched alkanes of at least 4 members (excludes halogenated alkanes) is 1. The topological polar surface area (TPSA) is 82.1 Å². The molecule has 27 heavy (non-hydrogen) atoms. The number of hydrogen-bond donors (Lipinski definition) is 0. The molecule has 7 nitrogen and oxygen atoms in total. The average molecular weight is 377 g/mol. The van der Waals surface area contributed by atoms with Gasteiger partial charge in [-0.2, -0.15) is 0 Å². The number of methoxy groups -OCH3 is 1. The van der Waals surface area contributed by atoms with Gasteiger partial charge in [-0.1, -0.05) is 13.3 Å². The summed E-state index contributed by atoms with van der Waals surface area (Å²) in [6, 6.07) is 7.14. The number of Topliss-reactive ketones (excluding diaryl/α,β-unsaturated/α-hetero) is 2. The Kier molecular flexibility index (Phi) is 8.26. The quantitative estimate of drug-likeness (QED) is 0.456. The fourth-order valence-corrected chi connectivity index (χ4v) is 2.81. The molecule has 0 saturated carbocycles. The monoisotopic (exact) mass is 377 g/mol. The molecule has 2 rings (SSSR count). The van der Waals surface area contributed by atoms with E-state index in [0.29, 0.717) is 12.2 Å². The van der Waals surface area contributed by atoms with Crippen LogP contribution in [0.2, 0.25) is 0 Å². The van der Waals surface area contributed by atoms with E-state index in [1.54, 1.807) is 36.3 Å². The third kappa shape index (κ3) is 7.02. The van der Waals surface area contributed by atoms with Gasteiger partial charge in [-0.05, 0) is 30.7 Å². The Morgan fingerprint density at radius 3 is 2.37 bits per heavy atom. The molecule has 0 N–H and O–H groups in total. The Morgan fingerprint density at radius 1 is 1.11 bits per heavy atom. The summed E-state index contributed by atoms with van der Waals surface area (Å²) < 4.78 is 16.2. The minimum absolute atomic E-state index is 0.0234. The van der Waals surface area contributed by atoms with Gasteiger partial charge in [-0.25, -0.2) is 0 Å². The van der Waals surface area contributed by atoms with E-state index in [-0.39, 0.29) is 50.3 Å². The van der Waals surface area contributed by atoms with Crippen LogP contribution < -0.4 is 9.64 Å². The number of piperidine rings is 1. The SMILES string of the molecule is CCCCC(=O)OC(COC)COc1ccc(N2CC(=O)CC(=O)C2)cc1. The summed E-state index contributed by atoms with van der Waals surface area (Å²) in [5.74, 6) is 0.217. The van der Waals surface area contributed by atoms with E-state index < -0.39 is 6.10 Å². The minimum Gasteiger partial charge on any atom is -0.490 e. The molecule has 1 aliphatic rings. The maximum Gasteiger partial charge on any atom is 0.306 e. The molecular formula is C20H27NO6. The highest BCUT2D eigenvalue weighted by Crippen LogP contribution is 2.21. The third-order valence-electron chi connectivity index (χ3n) is 4.15. The highest BCUT2D eigenvalue weighted by Gasteiger charge is 2.23. The summed E-state index contributed by atoms with van der Waals surface area (Å²) in [5, 5.41) is 0. The molecule has 0 aromatic heterocycles. The first-order chi connectivity index (χ1) is 13.0.